The maximum absolute atomic E-state index is 12.9. The van der Waals surface area contributed by atoms with Gasteiger partial charge in [-0.2, -0.15) is 0 Å². The van der Waals surface area contributed by atoms with Crippen LogP contribution in [0.4, 0.5) is 4.39 Å². The van der Waals surface area contributed by atoms with E-state index in [-0.39, 0.29) is 17.8 Å². The molecule has 22 heavy (non-hydrogen) atoms. The van der Waals surface area contributed by atoms with E-state index in [0.717, 1.165) is 19.4 Å². The molecule has 0 saturated carbocycles. The Morgan fingerprint density at radius 2 is 2.14 bits per heavy atom. The van der Waals surface area contributed by atoms with Crippen molar-refractivity contribution in [3.63, 3.8) is 0 Å². The van der Waals surface area contributed by atoms with Crippen molar-refractivity contribution in [3.8, 4) is 5.75 Å². The molecule has 2 atom stereocenters. The molecule has 0 radical (unpaired) electrons. The Morgan fingerprint density at radius 3 is 2.82 bits per heavy atom. The number of amides is 1. The van der Waals surface area contributed by atoms with Gasteiger partial charge in [0.1, 0.15) is 11.6 Å². The van der Waals surface area contributed by atoms with Crippen molar-refractivity contribution in [2.75, 3.05) is 6.54 Å². The third-order valence-electron chi connectivity index (χ3n) is 3.88. The van der Waals surface area contributed by atoms with Crippen molar-refractivity contribution in [1.29, 1.82) is 0 Å². The lowest BCUT2D eigenvalue weighted by Gasteiger charge is -2.27. The third-order valence-corrected chi connectivity index (χ3v) is 4.86. The molecule has 5 heteroatoms. The zero-order valence-electron chi connectivity index (χ0n) is 12.4. The number of nitrogens with zero attached hydrogens (tertiary/aromatic N) is 1. The monoisotopic (exact) mass is 319 g/mol. The van der Waals surface area contributed by atoms with Crippen molar-refractivity contribution < 1.29 is 13.9 Å². The quantitative estimate of drug-likeness (QED) is 0.852. The van der Waals surface area contributed by atoms with Gasteiger partial charge in [-0.25, -0.2) is 4.39 Å². The topological polar surface area (TPSA) is 29.5 Å². The van der Waals surface area contributed by atoms with Crippen LogP contribution >= 0.6 is 11.3 Å². The van der Waals surface area contributed by atoms with Gasteiger partial charge in [0.05, 0.1) is 6.04 Å². The third kappa shape index (κ3) is 3.14. The lowest BCUT2D eigenvalue weighted by atomic mass is 10.2. The van der Waals surface area contributed by atoms with Crippen LogP contribution in [0.1, 0.15) is 30.7 Å². The molecule has 1 fully saturated rings. The van der Waals surface area contributed by atoms with Crippen LogP contribution in [0, 0.1) is 5.82 Å². The van der Waals surface area contributed by atoms with Gasteiger partial charge in [0.25, 0.3) is 5.91 Å². The summed E-state index contributed by atoms with van der Waals surface area (Å²) >= 11 is 1.68. The number of hydrogen-bond donors (Lipinski definition) is 0. The minimum atomic E-state index is -0.578. The smallest absolute Gasteiger partial charge is 0.263 e. The first-order valence-electron chi connectivity index (χ1n) is 7.41. The molecule has 1 aliphatic heterocycles. The number of carbonyl (C=O) groups is 1. The van der Waals surface area contributed by atoms with Crippen molar-refractivity contribution >= 4 is 17.2 Å². The number of hydrogen-bond acceptors (Lipinski definition) is 3. The second-order valence-corrected chi connectivity index (χ2v) is 6.40. The molecule has 1 aromatic heterocycles. The Kier molecular flexibility index (Phi) is 4.43. The first-order chi connectivity index (χ1) is 10.6. The average molecular weight is 319 g/mol. The molecule has 0 N–H and O–H groups in total. The highest BCUT2D eigenvalue weighted by atomic mass is 32.1. The standard InChI is InChI=1S/C17H18FNO2S/c1-12(21-14-8-6-13(18)7-9-14)17(20)19-10-2-4-15(19)16-5-3-11-22-16/h3,5-9,11-12,15H,2,4,10H2,1H3. The van der Waals surface area contributed by atoms with Crippen molar-refractivity contribution in [3.05, 3.63) is 52.5 Å². The Morgan fingerprint density at radius 1 is 1.36 bits per heavy atom. The molecule has 1 saturated heterocycles. The van der Waals surface area contributed by atoms with E-state index in [9.17, 15) is 9.18 Å². The number of benzene rings is 1. The molecule has 0 spiro atoms. The Hall–Kier alpha value is -1.88. The minimum Gasteiger partial charge on any atom is -0.481 e. The number of likely N-dealkylation sites (tertiary alicyclic amines) is 1. The number of carbonyl (C=O) groups excluding carboxylic acids is 1. The van der Waals surface area contributed by atoms with E-state index in [1.54, 1.807) is 30.4 Å². The van der Waals surface area contributed by atoms with Crippen LogP contribution in [0.3, 0.4) is 0 Å². The fourth-order valence-corrected chi connectivity index (χ4v) is 3.68. The second-order valence-electron chi connectivity index (χ2n) is 5.42. The average Bonchev–Trinajstić information content (AvgIpc) is 3.19. The van der Waals surface area contributed by atoms with Gasteiger partial charge in [-0.15, -0.1) is 11.3 Å². The van der Waals surface area contributed by atoms with Gasteiger partial charge in [0.15, 0.2) is 6.10 Å². The minimum absolute atomic E-state index is 0.0137. The van der Waals surface area contributed by atoms with E-state index in [2.05, 4.69) is 6.07 Å². The van der Waals surface area contributed by atoms with Gasteiger partial charge in [0, 0.05) is 11.4 Å². The SMILES string of the molecule is CC(Oc1ccc(F)cc1)C(=O)N1CCCC1c1cccs1. The van der Waals surface area contributed by atoms with Gasteiger partial charge < -0.3 is 9.64 Å². The van der Waals surface area contributed by atoms with Gasteiger partial charge in [-0.1, -0.05) is 6.07 Å². The van der Waals surface area contributed by atoms with Crippen LogP contribution in [0.2, 0.25) is 0 Å². The van der Waals surface area contributed by atoms with Crippen LogP contribution in [0.5, 0.6) is 5.75 Å². The summed E-state index contributed by atoms with van der Waals surface area (Å²) in [7, 11) is 0. The largest absolute Gasteiger partial charge is 0.481 e. The molecule has 116 valence electrons. The van der Waals surface area contributed by atoms with Gasteiger partial charge in [-0.3, -0.25) is 4.79 Å². The van der Waals surface area contributed by atoms with Crippen molar-refractivity contribution in [2.45, 2.75) is 31.9 Å². The van der Waals surface area contributed by atoms with Crippen LogP contribution in [0.15, 0.2) is 41.8 Å². The molecule has 0 bridgehead atoms. The van der Waals surface area contributed by atoms with Crippen molar-refractivity contribution in [1.82, 2.24) is 4.90 Å². The molecular weight excluding hydrogens is 301 g/mol. The van der Waals surface area contributed by atoms with Crippen molar-refractivity contribution in [2.24, 2.45) is 0 Å². The predicted molar refractivity (Wildman–Crippen MR) is 84.5 cm³/mol. The van der Waals surface area contributed by atoms with Crippen LogP contribution in [-0.2, 0) is 4.79 Å². The highest BCUT2D eigenvalue weighted by Crippen LogP contribution is 2.35. The van der Waals surface area contributed by atoms with E-state index in [1.807, 2.05) is 16.3 Å². The zero-order valence-corrected chi connectivity index (χ0v) is 13.2. The predicted octanol–water partition coefficient (Wildman–Crippen LogP) is 4.02. The van der Waals surface area contributed by atoms with E-state index in [1.165, 1.54) is 17.0 Å². The van der Waals surface area contributed by atoms with E-state index < -0.39 is 6.10 Å². The highest BCUT2D eigenvalue weighted by molar-refractivity contribution is 7.10. The number of ether oxygens (including phenoxy) is 1. The summed E-state index contributed by atoms with van der Waals surface area (Å²) in [5.74, 6) is 0.179. The van der Waals surface area contributed by atoms with Gasteiger partial charge in [-0.05, 0) is 55.5 Å². The Balaban J connectivity index is 1.68. The zero-order chi connectivity index (χ0) is 15.5. The lowest BCUT2D eigenvalue weighted by molar-refractivity contribution is -0.138. The summed E-state index contributed by atoms with van der Waals surface area (Å²) in [6, 6.07) is 9.99. The molecule has 1 aromatic carbocycles. The van der Waals surface area contributed by atoms with Gasteiger partial charge >= 0.3 is 0 Å². The summed E-state index contributed by atoms with van der Waals surface area (Å²) in [5.41, 5.74) is 0. The highest BCUT2D eigenvalue weighted by Gasteiger charge is 2.33. The maximum atomic E-state index is 12.9. The summed E-state index contributed by atoms with van der Waals surface area (Å²) in [4.78, 5) is 15.8. The molecule has 3 rings (SSSR count). The molecule has 3 nitrogen and oxygen atoms in total. The number of rotatable bonds is 4. The molecular formula is C17H18FNO2S. The summed E-state index contributed by atoms with van der Waals surface area (Å²) in [5, 5.41) is 2.04. The van der Waals surface area contributed by atoms with Crippen LogP contribution in [0.25, 0.3) is 0 Å². The summed E-state index contributed by atoms with van der Waals surface area (Å²) < 4.78 is 18.6. The molecule has 1 amide bonds. The maximum Gasteiger partial charge on any atom is 0.263 e. The molecule has 2 unspecified atom stereocenters. The second kappa shape index (κ2) is 6.48. The van der Waals surface area contributed by atoms with Gasteiger partial charge in [0.2, 0.25) is 0 Å². The van der Waals surface area contributed by atoms with Crippen LogP contribution < -0.4 is 4.74 Å². The van der Waals surface area contributed by atoms with E-state index in [4.69, 9.17) is 4.74 Å². The molecule has 1 aliphatic rings. The Labute approximate surface area is 133 Å². The lowest BCUT2D eigenvalue weighted by Crippen LogP contribution is -2.39. The normalized spacial score (nSPS) is 19.2. The number of halogens is 1. The fourth-order valence-electron chi connectivity index (χ4n) is 2.81. The summed E-state index contributed by atoms with van der Waals surface area (Å²) in [6.45, 7) is 2.51. The molecule has 0 aliphatic carbocycles. The first kappa shape index (κ1) is 15.0. The molecule has 2 aromatic rings. The fraction of sp³-hybridized carbons (Fsp3) is 0.353. The van der Waals surface area contributed by atoms with E-state index >= 15 is 0 Å². The van der Waals surface area contributed by atoms with E-state index in [0.29, 0.717) is 5.75 Å². The summed E-state index contributed by atoms with van der Waals surface area (Å²) in [6.07, 6.45) is 1.43. The van der Waals surface area contributed by atoms with Crippen LogP contribution in [-0.4, -0.2) is 23.5 Å². The molecule has 2 heterocycles. The first-order valence-corrected chi connectivity index (χ1v) is 8.29. The Bertz CT molecular complexity index is 627. The number of thiophene rings is 1.